The second-order valence-electron chi connectivity index (χ2n) is 6.51. The zero-order valence-corrected chi connectivity index (χ0v) is 17.5. The molecule has 2 aromatic heterocycles. The molecule has 0 radical (unpaired) electrons. The van der Waals surface area contributed by atoms with E-state index in [1.54, 1.807) is 0 Å². The number of ether oxygens (including phenoxy) is 1. The molecule has 0 aliphatic carbocycles. The molecule has 1 amide bonds. The highest BCUT2D eigenvalue weighted by molar-refractivity contribution is 7.15. The third kappa shape index (κ3) is 4.44. The average molecular weight is 426 g/mol. The number of hydrogen-bond acceptors (Lipinski definition) is 4. The normalized spacial score (nSPS) is 11.0. The Balaban J connectivity index is 1.46. The highest BCUT2D eigenvalue weighted by Crippen LogP contribution is 2.25. The Morgan fingerprint density at radius 3 is 2.76 bits per heavy atom. The highest BCUT2D eigenvalue weighted by Gasteiger charge is 2.13. The monoisotopic (exact) mass is 425 g/mol. The van der Waals surface area contributed by atoms with Gasteiger partial charge in [-0.1, -0.05) is 29.8 Å². The SMILES string of the molecule is CCOc1ccc(-c2cn3c(CC(=O)NCc4ccccc4Cl)csc3n2)cc1. The quantitative estimate of drug-likeness (QED) is 0.454. The van der Waals surface area contributed by atoms with E-state index >= 15 is 0 Å². The fourth-order valence-electron chi connectivity index (χ4n) is 3.05. The topological polar surface area (TPSA) is 55.6 Å². The molecule has 0 atom stereocenters. The van der Waals surface area contributed by atoms with Gasteiger partial charge in [-0.2, -0.15) is 0 Å². The molecule has 0 aliphatic rings. The lowest BCUT2D eigenvalue weighted by Crippen LogP contribution is -2.25. The molecule has 148 valence electrons. The van der Waals surface area contributed by atoms with Gasteiger partial charge in [-0.25, -0.2) is 4.98 Å². The van der Waals surface area contributed by atoms with Crippen molar-refractivity contribution in [2.75, 3.05) is 6.61 Å². The van der Waals surface area contributed by atoms with Crippen molar-refractivity contribution in [1.29, 1.82) is 0 Å². The van der Waals surface area contributed by atoms with Crippen LogP contribution in [0.25, 0.3) is 16.2 Å². The summed E-state index contributed by atoms with van der Waals surface area (Å²) >= 11 is 7.67. The predicted molar refractivity (Wildman–Crippen MR) is 117 cm³/mol. The zero-order chi connectivity index (χ0) is 20.2. The summed E-state index contributed by atoms with van der Waals surface area (Å²) in [6.07, 6.45) is 2.25. The van der Waals surface area contributed by atoms with E-state index in [1.807, 2.05) is 71.4 Å². The Labute approximate surface area is 177 Å². The lowest BCUT2D eigenvalue weighted by molar-refractivity contribution is -0.120. The van der Waals surface area contributed by atoms with Gasteiger partial charge in [0.2, 0.25) is 5.91 Å². The molecular weight excluding hydrogens is 406 g/mol. The first-order chi connectivity index (χ1) is 14.1. The maximum Gasteiger partial charge on any atom is 0.226 e. The number of imidazole rings is 1. The van der Waals surface area contributed by atoms with Crippen LogP contribution in [0.2, 0.25) is 5.02 Å². The fourth-order valence-corrected chi connectivity index (χ4v) is 4.12. The number of nitrogens with zero attached hydrogens (tertiary/aromatic N) is 2. The first-order valence-corrected chi connectivity index (χ1v) is 10.6. The number of hydrogen-bond donors (Lipinski definition) is 1. The van der Waals surface area contributed by atoms with Crippen LogP contribution in [-0.4, -0.2) is 21.9 Å². The lowest BCUT2D eigenvalue weighted by atomic mass is 10.1. The molecule has 7 heteroatoms. The van der Waals surface area contributed by atoms with Crippen LogP contribution in [0.5, 0.6) is 5.75 Å². The van der Waals surface area contributed by atoms with Crippen molar-refractivity contribution in [3.8, 4) is 17.0 Å². The summed E-state index contributed by atoms with van der Waals surface area (Å²) in [5.74, 6) is 0.786. The van der Waals surface area contributed by atoms with Crippen LogP contribution in [0.3, 0.4) is 0 Å². The molecule has 1 N–H and O–H groups in total. The molecule has 5 nitrogen and oxygen atoms in total. The van der Waals surface area contributed by atoms with Crippen LogP contribution in [0.1, 0.15) is 18.2 Å². The first kappa shape index (κ1) is 19.5. The van der Waals surface area contributed by atoms with Gasteiger partial charge in [0.15, 0.2) is 4.96 Å². The van der Waals surface area contributed by atoms with E-state index in [4.69, 9.17) is 16.3 Å². The second kappa shape index (κ2) is 8.68. The van der Waals surface area contributed by atoms with E-state index in [9.17, 15) is 4.79 Å². The van der Waals surface area contributed by atoms with Gasteiger partial charge < -0.3 is 10.1 Å². The minimum Gasteiger partial charge on any atom is -0.494 e. The molecule has 0 spiro atoms. The number of benzene rings is 2. The maximum atomic E-state index is 12.4. The van der Waals surface area contributed by atoms with Crippen LogP contribution >= 0.6 is 22.9 Å². The zero-order valence-electron chi connectivity index (χ0n) is 15.9. The number of amides is 1. The van der Waals surface area contributed by atoms with Crippen molar-refractivity contribution in [1.82, 2.24) is 14.7 Å². The number of carbonyl (C=O) groups is 1. The molecular formula is C22H20ClN3O2S. The molecule has 29 heavy (non-hydrogen) atoms. The van der Waals surface area contributed by atoms with Gasteiger partial charge in [0, 0.05) is 34.4 Å². The molecule has 2 heterocycles. The van der Waals surface area contributed by atoms with Crippen LogP contribution in [0.4, 0.5) is 0 Å². The van der Waals surface area contributed by atoms with Crippen molar-refractivity contribution >= 4 is 33.8 Å². The Kier molecular flexibility index (Phi) is 5.83. The van der Waals surface area contributed by atoms with E-state index < -0.39 is 0 Å². The molecule has 4 rings (SSSR count). The van der Waals surface area contributed by atoms with Crippen molar-refractivity contribution in [2.24, 2.45) is 0 Å². The molecule has 2 aromatic carbocycles. The summed E-state index contributed by atoms with van der Waals surface area (Å²) in [6, 6.07) is 15.4. The van der Waals surface area contributed by atoms with Gasteiger partial charge in [0.05, 0.1) is 18.7 Å². The van der Waals surface area contributed by atoms with Crippen LogP contribution < -0.4 is 10.1 Å². The van der Waals surface area contributed by atoms with E-state index in [-0.39, 0.29) is 12.3 Å². The van der Waals surface area contributed by atoms with E-state index in [2.05, 4.69) is 10.3 Å². The minimum absolute atomic E-state index is 0.0547. The minimum atomic E-state index is -0.0547. The van der Waals surface area contributed by atoms with Crippen LogP contribution in [0, 0.1) is 0 Å². The Morgan fingerprint density at radius 1 is 1.21 bits per heavy atom. The summed E-state index contributed by atoms with van der Waals surface area (Å²) in [5, 5.41) is 5.56. The van der Waals surface area contributed by atoms with E-state index in [1.165, 1.54) is 11.3 Å². The van der Waals surface area contributed by atoms with Crippen LogP contribution in [-0.2, 0) is 17.8 Å². The standard InChI is InChI=1S/C22H20ClN3O2S/c1-2-28-18-9-7-15(8-10-18)20-13-26-17(14-29-22(26)25-20)11-21(27)24-12-16-5-3-4-6-19(16)23/h3-10,13-14H,2,11-12H2,1H3,(H,24,27). The number of halogens is 1. The van der Waals surface area contributed by atoms with E-state index in [0.717, 1.165) is 33.2 Å². The Hall–Kier alpha value is -2.83. The van der Waals surface area contributed by atoms with Gasteiger partial charge in [0.1, 0.15) is 5.75 Å². The predicted octanol–water partition coefficient (Wildman–Crippen LogP) is 4.97. The summed E-state index contributed by atoms with van der Waals surface area (Å²) in [5.41, 5.74) is 3.70. The van der Waals surface area contributed by atoms with Gasteiger partial charge in [-0.3, -0.25) is 9.20 Å². The highest BCUT2D eigenvalue weighted by atomic mass is 35.5. The second-order valence-corrected chi connectivity index (χ2v) is 7.75. The van der Waals surface area contributed by atoms with Crippen molar-refractivity contribution in [3.05, 3.63) is 76.4 Å². The maximum absolute atomic E-state index is 12.4. The molecule has 4 aromatic rings. The van der Waals surface area contributed by atoms with Gasteiger partial charge in [-0.15, -0.1) is 11.3 Å². The summed E-state index contributed by atoms with van der Waals surface area (Å²) in [6.45, 7) is 3.01. The summed E-state index contributed by atoms with van der Waals surface area (Å²) in [7, 11) is 0. The average Bonchev–Trinajstić information content (AvgIpc) is 3.30. The molecule has 0 unspecified atom stereocenters. The van der Waals surface area contributed by atoms with Crippen molar-refractivity contribution in [3.63, 3.8) is 0 Å². The molecule has 0 saturated carbocycles. The summed E-state index contributed by atoms with van der Waals surface area (Å²) in [4.78, 5) is 18.0. The molecule has 0 aliphatic heterocycles. The number of fused-ring (bicyclic) bond motifs is 1. The largest absolute Gasteiger partial charge is 0.494 e. The fraction of sp³-hybridized carbons (Fsp3) is 0.182. The van der Waals surface area contributed by atoms with E-state index in [0.29, 0.717) is 18.2 Å². The third-order valence-electron chi connectivity index (χ3n) is 4.52. The van der Waals surface area contributed by atoms with Crippen molar-refractivity contribution in [2.45, 2.75) is 19.9 Å². The van der Waals surface area contributed by atoms with Gasteiger partial charge in [-0.05, 0) is 42.8 Å². The molecule has 0 fully saturated rings. The number of nitrogens with one attached hydrogen (secondary N) is 1. The van der Waals surface area contributed by atoms with Gasteiger partial charge >= 0.3 is 0 Å². The lowest BCUT2D eigenvalue weighted by Gasteiger charge is -2.06. The molecule has 0 saturated heterocycles. The van der Waals surface area contributed by atoms with Crippen LogP contribution in [0.15, 0.2) is 60.1 Å². The first-order valence-electron chi connectivity index (χ1n) is 9.33. The van der Waals surface area contributed by atoms with Gasteiger partial charge in [0.25, 0.3) is 0 Å². The summed E-state index contributed by atoms with van der Waals surface area (Å²) < 4.78 is 7.47. The smallest absolute Gasteiger partial charge is 0.226 e. The number of carbonyl (C=O) groups excluding carboxylic acids is 1. The number of rotatable bonds is 7. The Morgan fingerprint density at radius 2 is 2.00 bits per heavy atom. The third-order valence-corrected chi connectivity index (χ3v) is 5.78. The van der Waals surface area contributed by atoms with Crippen molar-refractivity contribution < 1.29 is 9.53 Å². The number of aromatic nitrogens is 2. The number of thiazole rings is 1. The molecule has 0 bridgehead atoms. The Bertz CT molecular complexity index is 1130.